The van der Waals surface area contributed by atoms with Crippen molar-refractivity contribution in [2.24, 2.45) is 0 Å². The van der Waals surface area contributed by atoms with E-state index in [0.29, 0.717) is 41.2 Å². The summed E-state index contributed by atoms with van der Waals surface area (Å²) in [7, 11) is 0. The lowest BCUT2D eigenvalue weighted by atomic mass is 10.1. The maximum absolute atomic E-state index is 13.5. The van der Waals surface area contributed by atoms with Crippen LogP contribution < -0.4 is 10.1 Å². The minimum atomic E-state index is -0.277. The van der Waals surface area contributed by atoms with E-state index >= 15 is 0 Å². The number of nitrogens with one attached hydrogen (secondary N) is 1. The number of carbonyl (C=O) groups is 1. The minimum Gasteiger partial charge on any atom is -0.493 e. The van der Waals surface area contributed by atoms with Crippen molar-refractivity contribution in [2.45, 2.75) is 51.5 Å². The Morgan fingerprint density at radius 3 is 2.89 bits per heavy atom. The van der Waals surface area contributed by atoms with Crippen molar-refractivity contribution in [3.8, 4) is 23.0 Å². The van der Waals surface area contributed by atoms with Gasteiger partial charge in [-0.3, -0.25) is 4.79 Å². The van der Waals surface area contributed by atoms with Gasteiger partial charge in [0, 0.05) is 18.2 Å². The summed E-state index contributed by atoms with van der Waals surface area (Å²) >= 11 is 0. The number of imidazole rings is 1. The topological polar surface area (TPSA) is 99.8 Å². The van der Waals surface area contributed by atoms with Crippen LogP contribution in [0.25, 0.3) is 17.2 Å². The molecule has 1 saturated carbocycles. The average Bonchev–Trinajstić information content (AvgIpc) is 3.37. The molecule has 4 aromatic rings. The molecule has 1 N–H and O–H groups in total. The first-order valence-corrected chi connectivity index (χ1v) is 12.1. The van der Waals surface area contributed by atoms with Crippen LogP contribution in [0.1, 0.15) is 66.2 Å². The summed E-state index contributed by atoms with van der Waals surface area (Å²) in [5.74, 6) is 1.97. The number of fused-ring (bicyclic) bond motifs is 5. The normalized spacial score (nSPS) is 18.1. The molecule has 0 spiro atoms. The second-order valence-electron chi connectivity index (χ2n) is 9.38. The van der Waals surface area contributed by atoms with Gasteiger partial charge < -0.3 is 19.2 Å². The SMILES string of the molecule is Cc1cc2c(cc1-n1cnc(C3CC3)c1)C(=O)Nc1cccc(n1)-c1nncn1[C@@H](C)CCCO2. The van der Waals surface area contributed by atoms with E-state index in [2.05, 4.69) is 38.6 Å². The van der Waals surface area contributed by atoms with Crippen LogP contribution in [0.15, 0.2) is 49.2 Å². The number of anilines is 1. The quantitative estimate of drug-likeness (QED) is 0.457. The van der Waals surface area contributed by atoms with Crippen molar-refractivity contribution in [3.05, 3.63) is 66.0 Å². The Morgan fingerprint density at radius 1 is 1.14 bits per heavy atom. The molecule has 0 unspecified atom stereocenters. The number of aryl methyl sites for hydroxylation is 1. The number of nitrogens with zero attached hydrogens (tertiary/aromatic N) is 6. The van der Waals surface area contributed by atoms with E-state index < -0.39 is 0 Å². The van der Waals surface area contributed by atoms with Gasteiger partial charge in [0.05, 0.1) is 29.9 Å². The Kier molecular flexibility index (Phi) is 5.32. The van der Waals surface area contributed by atoms with Crippen molar-refractivity contribution < 1.29 is 9.53 Å². The highest BCUT2D eigenvalue weighted by atomic mass is 16.5. The van der Waals surface area contributed by atoms with E-state index in [1.807, 2.05) is 46.7 Å². The van der Waals surface area contributed by atoms with Gasteiger partial charge in [0.1, 0.15) is 23.6 Å². The molecule has 3 aromatic heterocycles. The number of aromatic nitrogens is 6. The first-order valence-electron chi connectivity index (χ1n) is 12.1. The third-order valence-electron chi connectivity index (χ3n) is 6.71. The van der Waals surface area contributed by atoms with Crippen molar-refractivity contribution in [1.29, 1.82) is 0 Å². The number of hydrogen-bond acceptors (Lipinski definition) is 6. The molecule has 1 fully saturated rings. The van der Waals surface area contributed by atoms with Crippen molar-refractivity contribution in [1.82, 2.24) is 29.3 Å². The predicted molar refractivity (Wildman–Crippen MR) is 131 cm³/mol. The average molecular weight is 470 g/mol. The zero-order valence-corrected chi connectivity index (χ0v) is 19.8. The predicted octanol–water partition coefficient (Wildman–Crippen LogP) is 4.70. The first-order chi connectivity index (χ1) is 17.1. The van der Waals surface area contributed by atoms with Crippen LogP contribution >= 0.6 is 0 Å². The van der Waals surface area contributed by atoms with E-state index in [4.69, 9.17) is 4.74 Å². The summed E-state index contributed by atoms with van der Waals surface area (Å²) in [6.45, 7) is 4.66. The summed E-state index contributed by atoms with van der Waals surface area (Å²) < 4.78 is 10.2. The molecule has 1 amide bonds. The largest absolute Gasteiger partial charge is 0.493 e. The molecule has 9 nitrogen and oxygen atoms in total. The Hall–Kier alpha value is -4.01. The molecule has 0 saturated heterocycles. The van der Waals surface area contributed by atoms with Gasteiger partial charge in [0.2, 0.25) is 0 Å². The van der Waals surface area contributed by atoms with E-state index in [-0.39, 0.29) is 11.9 Å². The van der Waals surface area contributed by atoms with Gasteiger partial charge in [-0.25, -0.2) is 9.97 Å². The molecule has 2 aliphatic rings. The maximum Gasteiger partial charge on any atom is 0.260 e. The molecular formula is C26H27N7O2. The monoisotopic (exact) mass is 469 g/mol. The summed E-state index contributed by atoms with van der Waals surface area (Å²) in [4.78, 5) is 22.7. The van der Waals surface area contributed by atoms with Crippen LogP contribution in [0.4, 0.5) is 5.82 Å². The molecule has 1 aliphatic carbocycles. The van der Waals surface area contributed by atoms with Gasteiger partial charge in [-0.15, -0.1) is 10.2 Å². The molecule has 1 aromatic carbocycles. The van der Waals surface area contributed by atoms with Crippen molar-refractivity contribution >= 4 is 11.7 Å². The number of rotatable bonds is 2. The first kappa shape index (κ1) is 21.5. The maximum atomic E-state index is 13.5. The van der Waals surface area contributed by atoms with Gasteiger partial charge in [-0.2, -0.15) is 0 Å². The number of ether oxygens (including phenoxy) is 1. The number of amides is 1. The van der Waals surface area contributed by atoms with E-state index in [0.717, 1.165) is 29.8 Å². The highest BCUT2D eigenvalue weighted by Crippen LogP contribution is 2.39. The molecule has 1 atom stereocenters. The Bertz CT molecular complexity index is 1400. The van der Waals surface area contributed by atoms with Gasteiger partial charge in [-0.1, -0.05) is 6.07 Å². The second-order valence-corrected chi connectivity index (χ2v) is 9.38. The summed E-state index contributed by atoms with van der Waals surface area (Å²) in [5, 5.41) is 11.3. The van der Waals surface area contributed by atoms with Crippen molar-refractivity contribution in [2.75, 3.05) is 11.9 Å². The third-order valence-corrected chi connectivity index (χ3v) is 6.71. The van der Waals surface area contributed by atoms with Crippen molar-refractivity contribution in [3.63, 3.8) is 0 Å². The molecular weight excluding hydrogens is 442 g/mol. The van der Waals surface area contributed by atoms with Crippen LogP contribution in [0.3, 0.4) is 0 Å². The molecule has 1 aliphatic heterocycles. The highest BCUT2D eigenvalue weighted by Gasteiger charge is 2.26. The van der Waals surface area contributed by atoms with Gasteiger partial charge in [0.15, 0.2) is 5.82 Å². The third kappa shape index (κ3) is 4.18. The molecule has 4 heterocycles. The second kappa shape index (κ2) is 8.65. The van der Waals surface area contributed by atoms with Crippen LogP contribution in [0.5, 0.6) is 5.75 Å². The number of benzene rings is 1. The lowest BCUT2D eigenvalue weighted by Gasteiger charge is -2.19. The van der Waals surface area contributed by atoms with Gasteiger partial charge >= 0.3 is 0 Å². The fourth-order valence-corrected chi connectivity index (χ4v) is 4.57. The fourth-order valence-electron chi connectivity index (χ4n) is 4.57. The van der Waals surface area contributed by atoms with Gasteiger partial charge in [0.25, 0.3) is 5.91 Å². The van der Waals surface area contributed by atoms with Gasteiger partial charge in [-0.05, 0) is 69.4 Å². The van der Waals surface area contributed by atoms with E-state index in [1.165, 1.54) is 12.8 Å². The Balaban J connectivity index is 1.40. The standard InChI is InChI=1S/C26H27N7O2/c1-16-11-23-19(12-22(16)32-13-21(27-14-32)18-8-9-18)26(34)30-24-7-3-6-20(29-24)25-31-28-15-33(25)17(2)5-4-10-35-23/h3,6-7,11-15,17-18H,4-5,8-10H2,1-2H3,(H,29,30,34)/t17-/m0/s1. The lowest BCUT2D eigenvalue weighted by molar-refractivity contribution is 0.102. The summed E-state index contributed by atoms with van der Waals surface area (Å²) in [6, 6.07) is 9.51. The zero-order chi connectivity index (χ0) is 23.9. The Morgan fingerprint density at radius 2 is 2.03 bits per heavy atom. The van der Waals surface area contributed by atoms with Crippen LogP contribution in [-0.4, -0.2) is 41.8 Å². The van der Waals surface area contributed by atoms with Crippen LogP contribution in [0, 0.1) is 6.92 Å². The fraction of sp³-hybridized carbons (Fsp3) is 0.346. The zero-order valence-electron chi connectivity index (χ0n) is 19.8. The van der Waals surface area contributed by atoms with Crippen LogP contribution in [-0.2, 0) is 0 Å². The smallest absolute Gasteiger partial charge is 0.260 e. The molecule has 35 heavy (non-hydrogen) atoms. The number of carbonyl (C=O) groups excluding carboxylic acids is 1. The molecule has 6 rings (SSSR count). The molecule has 178 valence electrons. The van der Waals surface area contributed by atoms with Crippen LogP contribution in [0.2, 0.25) is 0 Å². The molecule has 0 radical (unpaired) electrons. The Labute approximate surface area is 203 Å². The van der Waals surface area contributed by atoms with E-state index in [1.54, 1.807) is 12.4 Å². The molecule has 2 bridgehead atoms. The lowest BCUT2D eigenvalue weighted by Crippen LogP contribution is -2.17. The van der Waals surface area contributed by atoms with E-state index in [9.17, 15) is 4.79 Å². The molecule has 9 heteroatoms. The number of pyridine rings is 1. The summed E-state index contributed by atoms with van der Waals surface area (Å²) in [6.07, 6.45) is 9.70. The summed E-state index contributed by atoms with van der Waals surface area (Å²) in [5.41, 5.74) is 4.16. The number of hydrogen-bond donors (Lipinski definition) is 1. The highest BCUT2D eigenvalue weighted by molar-refractivity contribution is 6.06. The minimum absolute atomic E-state index is 0.178.